The predicted octanol–water partition coefficient (Wildman–Crippen LogP) is 4.21. The van der Waals surface area contributed by atoms with Crippen LogP contribution in [0.1, 0.15) is 41.5 Å². The first kappa shape index (κ1) is 22.1. The molecule has 0 unspecified atom stereocenters. The van der Waals surface area contributed by atoms with Crippen molar-refractivity contribution in [2.45, 2.75) is 41.5 Å². The van der Waals surface area contributed by atoms with Gasteiger partial charge in [0.1, 0.15) is 0 Å². The average molecular weight is 483 g/mol. The van der Waals surface area contributed by atoms with E-state index in [1.54, 1.807) is -0.0160 Å². The molecule has 0 amide bonds. The van der Waals surface area contributed by atoms with E-state index in [9.17, 15) is 0 Å². The van der Waals surface area contributed by atoms with Crippen LogP contribution < -0.4 is 0 Å². The van der Waals surface area contributed by atoms with E-state index in [-0.39, 0.29) is 87.3 Å². The number of rotatable bonds is 1. The summed E-state index contributed by atoms with van der Waals surface area (Å²) >= 11 is 0.356. The zero-order chi connectivity index (χ0) is 14.2. The molecule has 0 nitrogen and oxygen atoms in total. The summed E-state index contributed by atoms with van der Waals surface area (Å²) in [7, 11) is 0. The SMILES string of the molecule is C1=CC=C(C2=[XeH]C=CC=C2)[XeH]=C1.CC.CC.CC. The molecule has 2 rings (SSSR count). The minimum absolute atomic E-state index is 0.178. The third-order valence-corrected chi connectivity index (χ3v) is 7.25. The molecule has 2 aliphatic heterocycles. The maximum absolute atomic E-state index is 2.33. The molecule has 0 bridgehead atoms. The van der Waals surface area contributed by atoms with Crippen molar-refractivity contribution in [3.8, 4) is 0 Å². The normalized spacial score (nSPS) is 15.7. The van der Waals surface area contributed by atoms with E-state index < -0.39 is 0 Å². The van der Waals surface area contributed by atoms with Gasteiger partial charge in [-0.1, -0.05) is 41.5 Å². The molecule has 0 aromatic rings. The van der Waals surface area contributed by atoms with Crippen LogP contribution in [0.5, 0.6) is 0 Å². The second-order valence-electron chi connectivity index (χ2n) is 2.27. The van der Waals surface area contributed by atoms with E-state index in [1.807, 2.05) is 41.5 Å². The van der Waals surface area contributed by atoms with Gasteiger partial charge in [-0.2, -0.15) is 0 Å². The Morgan fingerprint density at radius 3 is 1.89 bits per heavy atom. The van der Waals surface area contributed by atoms with Gasteiger partial charge in [-0.3, -0.25) is 0 Å². The zero-order valence-electron chi connectivity index (χ0n) is 12.4. The molecule has 0 spiro atoms. The first-order chi connectivity index (χ1) is 8.97. The topological polar surface area (TPSA) is 0 Å². The van der Waals surface area contributed by atoms with Gasteiger partial charge in [0, 0.05) is 0 Å². The van der Waals surface area contributed by atoms with Crippen molar-refractivity contribution in [1.82, 2.24) is 0 Å². The fourth-order valence-electron chi connectivity index (χ4n) is 0.909. The van der Waals surface area contributed by atoms with Crippen LogP contribution in [0.4, 0.5) is 0 Å². The third-order valence-electron chi connectivity index (χ3n) is 1.44. The van der Waals surface area contributed by atoms with Crippen LogP contribution in [-0.4, -0.2) is 0.389 Å². The Labute approximate surface area is 162 Å². The summed E-state index contributed by atoms with van der Waals surface area (Å²) in [4.78, 5) is 0. The van der Waals surface area contributed by atoms with Gasteiger partial charge in [-0.05, 0) is 0 Å². The molecular formula is C16H28Xe2. The molecule has 0 saturated heterocycles. The van der Waals surface area contributed by atoms with Gasteiger partial charge < -0.3 is 0 Å². The van der Waals surface area contributed by atoms with Crippen molar-refractivity contribution in [2.75, 3.05) is 0 Å². The first-order valence-electron chi connectivity index (χ1n) is 6.64. The Hall–Kier alpha value is 1.84. The number of allylic oxidation sites excluding steroid dienone is 7. The van der Waals surface area contributed by atoms with E-state index in [0.717, 1.165) is 0 Å². The largest absolute Gasteiger partial charge is 0.0683 e. The molecule has 2 heteroatoms. The van der Waals surface area contributed by atoms with Crippen LogP contribution in [0.15, 0.2) is 37.0 Å². The van der Waals surface area contributed by atoms with Crippen molar-refractivity contribution >= 4 is 0.389 Å². The molecule has 0 fully saturated rings. The molecule has 18 heavy (non-hydrogen) atoms. The van der Waals surface area contributed by atoms with Crippen LogP contribution in [0.3, 0.4) is 0 Å². The summed E-state index contributed by atoms with van der Waals surface area (Å²) in [5.74, 6) is 0. The van der Waals surface area contributed by atoms with Gasteiger partial charge in [0.15, 0.2) is 0 Å². The Bertz CT molecular complexity index is 317. The molecule has 0 aliphatic carbocycles. The molecular weight excluding hydrogens is 455 g/mol. The van der Waals surface area contributed by atoms with Gasteiger partial charge in [0.25, 0.3) is 0 Å². The molecule has 0 aromatic carbocycles. The van der Waals surface area contributed by atoms with Crippen LogP contribution in [-0.2, 0) is 0 Å². The second kappa shape index (κ2) is 18.8. The van der Waals surface area contributed by atoms with Crippen LogP contribution in [0.25, 0.3) is 0 Å². The smallest absolute Gasteiger partial charge is 0.0683 e. The summed E-state index contributed by atoms with van der Waals surface area (Å²) in [6, 6.07) is 0. The summed E-state index contributed by atoms with van der Waals surface area (Å²) in [6.45, 7) is 12.0. The predicted molar refractivity (Wildman–Crippen MR) is 83.4 cm³/mol. The van der Waals surface area contributed by atoms with Gasteiger partial charge in [0.05, 0.1) is 0 Å². The summed E-state index contributed by atoms with van der Waals surface area (Å²) < 4.78 is 7.89. The molecule has 2 heterocycles. The van der Waals surface area contributed by atoms with Crippen LogP contribution >= 0.6 is 0 Å². The summed E-state index contributed by atoms with van der Waals surface area (Å²) in [5.41, 5.74) is 0. The Morgan fingerprint density at radius 1 is 0.778 bits per heavy atom. The maximum atomic E-state index is 2.33. The van der Waals surface area contributed by atoms with Gasteiger partial charge in [-0.15, -0.1) is 0 Å². The van der Waals surface area contributed by atoms with Gasteiger partial charge in [-0.25, -0.2) is 0 Å². The van der Waals surface area contributed by atoms with Gasteiger partial charge >= 0.3 is 125 Å². The molecule has 0 radical (unpaired) electrons. The minimum Gasteiger partial charge on any atom is -0.0683 e. The van der Waals surface area contributed by atoms with E-state index in [2.05, 4.69) is 37.4 Å². The third kappa shape index (κ3) is 10.6. The van der Waals surface area contributed by atoms with E-state index >= 15 is 0 Å². The monoisotopic (exact) mass is 484 g/mol. The molecule has 0 saturated carbocycles. The van der Waals surface area contributed by atoms with Crippen molar-refractivity contribution < 1.29 is 87.3 Å². The fraction of sp³-hybridized carbons (Fsp3) is 0.375. The van der Waals surface area contributed by atoms with Crippen LogP contribution in [0, 0.1) is 87.3 Å². The zero-order valence-corrected chi connectivity index (χ0v) is 16.7. The first-order valence-corrected chi connectivity index (χ1v) is 11.3. The molecule has 0 N–H and O–H groups in total. The number of hydrogen-bond donors (Lipinski definition) is 0. The molecule has 0 aromatic heterocycles. The summed E-state index contributed by atoms with van der Waals surface area (Å²) in [5, 5.41) is 0. The summed E-state index contributed by atoms with van der Waals surface area (Å²) in [6.07, 6.45) is 13.2. The molecule has 2 aliphatic rings. The molecule has 108 valence electrons. The van der Waals surface area contributed by atoms with Crippen LogP contribution in [0.2, 0.25) is 0 Å². The molecule has 0 atom stereocenters. The second-order valence-corrected chi connectivity index (χ2v) is 7.28. The standard InChI is InChI=1S/C10H10Xe2.3C2H6/c1-3-7-11-9(5-1)10-6-2-4-8-12-10;3*1-2/h1-8,11-12H;3*1-2H3. The van der Waals surface area contributed by atoms with Crippen molar-refractivity contribution in [3.63, 3.8) is 0 Å². The average Bonchev–Trinajstić information content (AvgIpc) is 2.55. The van der Waals surface area contributed by atoms with Crippen molar-refractivity contribution in [2.24, 2.45) is 0 Å². The van der Waals surface area contributed by atoms with E-state index in [0.29, 0.717) is 0 Å². The minimum atomic E-state index is 0.178. The fourth-order valence-corrected chi connectivity index (χ4v) is 5.94. The van der Waals surface area contributed by atoms with Crippen molar-refractivity contribution in [1.29, 1.82) is 0 Å². The van der Waals surface area contributed by atoms with E-state index in [1.165, 1.54) is 0 Å². The maximum Gasteiger partial charge on any atom is -0.0683 e. The Morgan fingerprint density at radius 2 is 1.44 bits per heavy atom. The number of hydrogen-bond acceptors (Lipinski definition) is 0. The Balaban J connectivity index is 0. The van der Waals surface area contributed by atoms with Gasteiger partial charge in [0.2, 0.25) is 0 Å². The quantitative estimate of drug-likeness (QED) is 0.525. The van der Waals surface area contributed by atoms with Crippen molar-refractivity contribution in [3.05, 3.63) is 37.0 Å². The van der Waals surface area contributed by atoms with E-state index in [4.69, 9.17) is 0 Å². The Kier molecular flexibility index (Phi) is 23.2.